The standard InChI is InChI=1S/C19H26N4O6S/c1-10-8-7-9-16(11(10)2)28-15(6)19(25)21-20-18(24)13(4)23-30(26,27)17-12(3)22-29-14(17)5/h7-9,13,15,23H,1-6H3,(H,20,24)(H,21,25)/t13-,15?/m0/s1. The summed E-state index contributed by atoms with van der Waals surface area (Å²) in [7, 11) is -4.03. The summed E-state index contributed by atoms with van der Waals surface area (Å²) < 4.78 is 37.6. The Bertz CT molecular complexity index is 1030. The molecule has 0 fully saturated rings. The number of aryl methyl sites for hydroxylation is 3. The van der Waals surface area contributed by atoms with Gasteiger partial charge in [0.2, 0.25) is 10.0 Å². The molecule has 0 aliphatic rings. The molecule has 1 aromatic carbocycles. The van der Waals surface area contributed by atoms with Crippen LogP contribution in [0.4, 0.5) is 0 Å². The Morgan fingerprint density at radius 1 is 1.07 bits per heavy atom. The van der Waals surface area contributed by atoms with Gasteiger partial charge in [0, 0.05) is 0 Å². The Balaban J connectivity index is 1.92. The number of carbonyl (C=O) groups is 2. The van der Waals surface area contributed by atoms with Gasteiger partial charge >= 0.3 is 0 Å². The average molecular weight is 439 g/mol. The molecule has 2 atom stereocenters. The molecule has 0 saturated carbocycles. The summed E-state index contributed by atoms with van der Waals surface area (Å²) in [6.07, 6.45) is -0.889. The summed E-state index contributed by atoms with van der Waals surface area (Å²) in [6.45, 7) is 9.62. The molecule has 0 aliphatic carbocycles. The van der Waals surface area contributed by atoms with Crippen LogP contribution in [0.15, 0.2) is 27.6 Å². The van der Waals surface area contributed by atoms with Gasteiger partial charge in [-0.1, -0.05) is 17.3 Å². The molecule has 30 heavy (non-hydrogen) atoms. The van der Waals surface area contributed by atoms with Crippen molar-refractivity contribution in [1.29, 1.82) is 0 Å². The number of nitrogens with one attached hydrogen (secondary N) is 3. The SMILES string of the molecule is Cc1cccc(OC(C)C(=O)NNC(=O)[C@H](C)NS(=O)(=O)c2c(C)noc2C)c1C. The Labute approximate surface area is 175 Å². The van der Waals surface area contributed by atoms with Gasteiger partial charge < -0.3 is 9.26 Å². The fraction of sp³-hybridized carbons (Fsp3) is 0.421. The first-order valence-corrected chi connectivity index (χ1v) is 10.7. The predicted molar refractivity (Wildman–Crippen MR) is 108 cm³/mol. The van der Waals surface area contributed by atoms with Gasteiger partial charge in [-0.15, -0.1) is 0 Å². The van der Waals surface area contributed by atoms with E-state index in [1.165, 1.54) is 27.7 Å². The maximum Gasteiger partial charge on any atom is 0.279 e. The van der Waals surface area contributed by atoms with Gasteiger partial charge in [-0.2, -0.15) is 4.72 Å². The second-order valence-electron chi connectivity index (χ2n) is 6.93. The monoisotopic (exact) mass is 438 g/mol. The summed E-state index contributed by atoms with van der Waals surface area (Å²) in [5, 5.41) is 3.59. The lowest BCUT2D eigenvalue weighted by molar-refractivity contribution is -0.133. The molecule has 1 unspecified atom stereocenters. The molecule has 164 valence electrons. The molecule has 10 nitrogen and oxygen atoms in total. The zero-order valence-electron chi connectivity index (χ0n) is 17.7. The summed E-state index contributed by atoms with van der Waals surface area (Å²) in [4.78, 5) is 24.3. The Kier molecular flexibility index (Phi) is 7.21. The fourth-order valence-electron chi connectivity index (χ4n) is 2.63. The van der Waals surface area contributed by atoms with Gasteiger partial charge in [0.05, 0.1) is 6.04 Å². The van der Waals surface area contributed by atoms with Crippen LogP contribution in [0.2, 0.25) is 0 Å². The van der Waals surface area contributed by atoms with Gasteiger partial charge in [0.15, 0.2) is 11.9 Å². The van der Waals surface area contributed by atoms with Crippen LogP contribution in [-0.4, -0.2) is 37.5 Å². The third-order valence-electron chi connectivity index (χ3n) is 4.50. The number of carbonyl (C=O) groups excluding carboxylic acids is 2. The molecule has 2 aromatic rings. The molecule has 0 aliphatic heterocycles. The highest BCUT2D eigenvalue weighted by Crippen LogP contribution is 2.22. The van der Waals surface area contributed by atoms with Crippen molar-refractivity contribution in [2.45, 2.75) is 58.6 Å². The lowest BCUT2D eigenvalue weighted by atomic mass is 10.1. The van der Waals surface area contributed by atoms with Crippen molar-refractivity contribution in [3.8, 4) is 5.75 Å². The smallest absolute Gasteiger partial charge is 0.279 e. The van der Waals surface area contributed by atoms with E-state index in [2.05, 4.69) is 20.7 Å². The van der Waals surface area contributed by atoms with Gasteiger partial charge in [-0.25, -0.2) is 8.42 Å². The first-order chi connectivity index (χ1) is 13.9. The van der Waals surface area contributed by atoms with E-state index in [0.29, 0.717) is 5.75 Å². The minimum Gasteiger partial charge on any atom is -0.481 e. The van der Waals surface area contributed by atoms with E-state index in [1.54, 1.807) is 6.07 Å². The summed E-state index contributed by atoms with van der Waals surface area (Å²) in [6, 6.07) is 4.32. The molecule has 3 N–H and O–H groups in total. The van der Waals surface area contributed by atoms with Crippen molar-refractivity contribution in [2.75, 3.05) is 0 Å². The van der Waals surface area contributed by atoms with Crippen LogP contribution < -0.4 is 20.3 Å². The first kappa shape index (κ1) is 23.4. The van der Waals surface area contributed by atoms with Crippen molar-refractivity contribution >= 4 is 21.8 Å². The molecule has 0 saturated heterocycles. The second kappa shape index (κ2) is 9.26. The number of hydrazine groups is 1. The number of hydrogen-bond acceptors (Lipinski definition) is 7. The number of rotatable bonds is 7. The number of benzene rings is 1. The van der Waals surface area contributed by atoms with Gasteiger partial charge in [0.1, 0.15) is 16.3 Å². The number of sulfonamides is 1. The van der Waals surface area contributed by atoms with Gasteiger partial charge in [-0.05, 0) is 58.7 Å². The van der Waals surface area contributed by atoms with E-state index in [1.807, 2.05) is 26.0 Å². The second-order valence-corrected chi connectivity index (χ2v) is 8.58. The number of hydrogen-bond donors (Lipinski definition) is 3. The van der Waals surface area contributed by atoms with E-state index in [4.69, 9.17) is 9.26 Å². The maximum absolute atomic E-state index is 12.5. The highest BCUT2D eigenvalue weighted by Gasteiger charge is 2.28. The average Bonchev–Trinajstić information content (AvgIpc) is 3.01. The molecular formula is C19H26N4O6S. The van der Waals surface area contributed by atoms with Crippen LogP contribution in [0.25, 0.3) is 0 Å². The van der Waals surface area contributed by atoms with E-state index in [0.717, 1.165) is 11.1 Å². The largest absolute Gasteiger partial charge is 0.481 e. The number of nitrogens with zero attached hydrogens (tertiary/aromatic N) is 1. The zero-order valence-corrected chi connectivity index (χ0v) is 18.5. The Hall–Kier alpha value is -2.92. The molecule has 2 rings (SSSR count). The Morgan fingerprint density at radius 2 is 1.70 bits per heavy atom. The summed E-state index contributed by atoms with van der Waals surface area (Å²) in [5.74, 6) is -0.675. The normalized spacial score (nSPS) is 13.4. The highest BCUT2D eigenvalue weighted by molar-refractivity contribution is 7.89. The summed E-state index contributed by atoms with van der Waals surface area (Å²) in [5.41, 5.74) is 6.53. The van der Waals surface area contributed by atoms with Crippen molar-refractivity contribution in [3.63, 3.8) is 0 Å². The fourth-order valence-corrected chi connectivity index (χ4v) is 4.16. The van der Waals surface area contributed by atoms with Crippen LogP contribution in [0, 0.1) is 27.7 Å². The third kappa shape index (κ3) is 5.36. The number of ether oxygens (including phenoxy) is 1. The van der Waals surface area contributed by atoms with Gasteiger partial charge in [0.25, 0.3) is 11.8 Å². The van der Waals surface area contributed by atoms with Crippen LogP contribution in [0.1, 0.15) is 36.4 Å². The molecule has 11 heteroatoms. The Morgan fingerprint density at radius 3 is 2.30 bits per heavy atom. The molecule has 1 heterocycles. The highest BCUT2D eigenvalue weighted by atomic mass is 32.2. The van der Waals surface area contributed by atoms with Crippen LogP contribution in [0.5, 0.6) is 5.75 Å². The quantitative estimate of drug-likeness (QED) is 0.552. The molecule has 1 aromatic heterocycles. The topological polar surface area (TPSA) is 140 Å². The minimum atomic E-state index is -4.03. The minimum absolute atomic E-state index is 0.110. The van der Waals surface area contributed by atoms with E-state index >= 15 is 0 Å². The van der Waals surface area contributed by atoms with Crippen molar-refractivity contribution < 1.29 is 27.3 Å². The predicted octanol–water partition coefficient (Wildman–Crippen LogP) is 1.19. The molecule has 0 radical (unpaired) electrons. The first-order valence-electron chi connectivity index (χ1n) is 9.21. The molecular weight excluding hydrogens is 412 g/mol. The number of amides is 2. The van der Waals surface area contributed by atoms with Crippen molar-refractivity contribution in [3.05, 3.63) is 40.8 Å². The molecule has 0 bridgehead atoms. The third-order valence-corrected chi connectivity index (χ3v) is 6.28. The number of aromatic nitrogens is 1. The summed E-state index contributed by atoms with van der Waals surface area (Å²) >= 11 is 0. The van der Waals surface area contributed by atoms with Crippen molar-refractivity contribution in [1.82, 2.24) is 20.7 Å². The van der Waals surface area contributed by atoms with E-state index < -0.39 is 34.0 Å². The van der Waals surface area contributed by atoms with Gasteiger partial charge in [-0.3, -0.25) is 20.4 Å². The lowest BCUT2D eigenvalue weighted by Crippen LogP contribution is -2.53. The van der Waals surface area contributed by atoms with E-state index in [-0.39, 0.29) is 16.3 Å². The van der Waals surface area contributed by atoms with Crippen LogP contribution in [0.3, 0.4) is 0 Å². The lowest BCUT2D eigenvalue weighted by Gasteiger charge is -2.18. The maximum atomic E-state index is 12.5. The molecule has 0 spiro atoms. The van der Waals surface area contributed by atoms with E-state index in [9.17, 15) is 18.0 Å². The molecule has 2 amide bonds. The van der Waals surface area contributed by atoms with Crippen molar-refractivity contribution in [2.24, 2.45) is 0 Å². The van der Waals surface area contributed by atoms with Crippen LogP contribution >= 0.6 is 0 Å². The zero-order chi connectivity index (χ0) is 22.6. The van der Waals surface area contributed by atoms with Crippen LogP contribution in [-0.2, 0) is 19.6 Å².